The molecule has 0 saturated carbocycles. The van der Waals surface area contributed by atoms with Crippen LogP contribution in [-0.2, 0) is 35.5 Å². The Labute approximate surface area is 186 Å². The average molecular weight is 461 g/mol. The molecule has 1 saturated heterocycles. The van der Waals surface area contributed by atoms with Crippen LogP contribution in [0.4, 0.5) is 14.5 Å². The van der Waals surface area contributed by atoms with E-state index in [1.807, 2.05) is 0 Å². The third-order valence-electron chi connectivity index (χ3n) is 5.82. The number of hydrogen-bond donors (Lipinski definition) is 1. The monoisotopic (exact) mass is 460 g/mol. The molecule has 2 aliphatic rings. The lowest BCUT2D eigenvalue weighted by Gasteiger charge is -2.27. The van der Waals surface area contributed by atoms with E-state index in [0.29, 0.717) is 48.9 Å². The minimum atomic E-state index is -0.789. The third kappa shape index (κ3) is 4.17. The largest absolute Gasteiger partial charge is 0.379 e. The predicted molar refractivity (Wildman–Crippen MR) is 117 cm³/mol. The van der Waals surface area contributed by atoms with Crippen LogP contribution in [0.2, 0.25) is 0 Å². The van der Waals surface area contributed by atoms with E-state index in [4.69, 9.17) is 9.72 Å². The first-order chi connectivity index (χ1) is 15.5. The molecule has 168 valence electrons. The molecule has 1 aromatic carbocycles. The zero-order valence-electron chi connectivity index (χ0n) is 17.3. The molecule has 1 N–H and O–H groups in total. The van der Waals surface area contributed by atoms with Crippen LogP contribution in [0.3, 0.4) is 0 Å². The molecule has 1 amide bonds. The number of hydrogen-bond acceptors (Lipinski definition) is 6. The molecule has 1 aliphatic heterocycles. The number of aromatic nitrogens is 2. The van der Waals surface area contributed by atoms with Crippen molar-refractivity contribution in [3.63, 3.8) is 0 Å². The molecule has 0 spiro atoms. The number of amides is 1. The molecule has 5 rings (SSSR count). The molecule has 0 unspecified atom stereocenters. The summed E-state index contributed by atoms with van der Waals surface area (Å²) in [5, 5.41) is 3.08. The first kappa shape index (κ1) is 21.2. The number of aryl methyl sites for hydroxylation is 2. The standard InChI is InChI=1S/C22H22F2N4O3S/c23-13-8-14(24)10-15(9-13)25-19(29)12-28-18(11-27-4-6-31-7-5-27)26-21-20(22(28)30)16-2-1-3-17(16)32-21/h8-10H,1-7,11-12H2,(H,25,29). The fourth-order valence-corrected chi connectivity index (χ4v) is 5.60. The molecule has 0 bridgehead atoms. The van der Waals surface area contributed by atoms with E-state index in [0.717, 1.165) is 43.0 Å². The van der Waals surface area contributed by atoms with Crippen molar-refractivity contribution in [3.8, 4) is 0 Å². The van der Waals surface area contributed by atoms with Crippen LogP contribution in [0.1, 0.15) is 22.7 Å². The molecule has 1 fully saturated rings. The van der Waals surface area contributed by atoms with Crippen molar-refractivity contribution >= 4 is 33.1 Å². The molecule has 32 heavy (non-hydrogen) atoms. The lowest BCUT2D eigenvalue weighted by molar-refractivity contribution is -0.116. The van der Waals surface area contributed by atoms with Gasteiger partial charge in [0.15, 0.2) is 0 Å². The number of carbonyl (C=O) groups is 1. The second-order valence-corrected chi connectivity index (χ2v) is 9.14. The van der Waals surface area contributed by atoms with Crippen molar-refractivity contribution in [1.29, 1.82) is 0 Å². The molecular weight excluding hydrogens is 438 g/mol. The van der Waals surface area contributed by atoms with Crippen LogP contribution in [0, 0.1) is 11.6 Å². The van der Waals surface area contributed by atoms with Crippen LogP contribution in [0.5, 0.6) is 0 Å². The summed E-state index contributed by atoms with van der Waals surface area (Å²) < 4.78 is 33.8. The first-order valence-corrected chi connectivity index (χ1v) is 11.4. The quantitative estimate of drug-likeness (QED) is 0.634. The summed E-state index contributed by atoms with van der Waals surface area (Å²) in [5.41, 5.74) is 0.806. The molecule has 10 heteroatoms. The van der Waals surface area contributed by atoms with E-state index in [1.165, 1.54) is 9.44 Å². The smallest absolute Gasteiger partial charge is 0.263 e. The third-order valence-corrected chi connectivity index (χ3v) is 7.01. The second-order valence-electron chi connectivity index (χ2n) is 8.05. The Bertz CT molecular complexity index is 1230. The summed E-state index contributed by atoms with van der Waals surface area (Å²) >= 11 is 1.56. The Balaban J connectivity index is 1.50. The Morgan fingerprint density at radius 3 is 2.66 bits per heavy atom. The van der Waals surface area contributed by atoms with E-state index in [-0.39, 0.29) is 17.8 Å². The van der Waals surface area contributed by atoms with Gasteiger partial charge in [0.2, 0.25) is 5.91 Å². The fraction of sp³-hybridized carbons (Fsp3) is 0.409. The average Bonchev–Trinajstić information content (AvgIpc) is 3.31. The maximum Gasteiger partial charge on any atom is 0.263 e. The maximum absolute atomic E-state index is 13.5. The van der Waals surface area contributed by atoms with E-state index in [1.54, 1.807) is 11.3 Å². The van der Waals surface area contributed by atoms with Gasteiger partial charge in [0, 0.05) is 29.7 Å². The number of ether oxygens (including phenoxy) is 1. The van der Waals surface area contributed by atoms with Crippen molar-refractivity contribution in [2.45, 2.75) is 32.4 Å². The molecule has 2 aromatic heterocycles. The predicted octanol–water partition coefficient (Wildman–Crippen LogP) is 2.70. The normalized spacial score (nSPS) is 16.4. The minimum absolute atomic E-state index is 0.000686. The van der Waals surface area contributed by atoms with Gasteiger partial charge >= 0.3 is 0 Å². The molecule has 1 aliphatic carbocycles. The summed E-state index contributed by atoms with van der Waals surface area (Å²) in [7, 11) is 0. The Hall–Kier alpha value is -2.69. The Morgan fingerprint density at radius 1 is 1.16 bits per heavy atom. The van der Waals surface area contributed by atoms with Crippen molar-refractivity contribution in [2.75, 3.05) is 31.6 Å². The number of benzene rings is 1. The van der Waals surface area contributed by atoms with Gasteiger partial charge in [-0.25, -0.2) is 13.8 Å². The second kappa shape index (κ2) is 8.68. The molecule has 3 heterocycles. The topological polar surface area (TPSA) is 76.5 Å². The van der Waals surface area contributed by atoms with E-state index in [2.05, 4.69) is 10.2 Å². The van der Waals surface area contributed by atoms with Crippen LogP contribution >= 0.6 is 11.3 Å². The number of nitrogens with zero attached hydrogens (tertiary/aromatic N) is 3. The number of carbonyl (C=O) groups excluding carboxylic acids is 1. The molecule has 0 atom stereocenters. The number of anilines is 1. The van der Waals surface area contributed by atoms with Gasteiger partial charge < -0.3 is 10.1 Å². The highest BCUT2D eigenvalue weighted by Crippen LogP contribution is 2.34. The Morgan fingerprint density at radius 2 is 1.91 bits per heavy atom. The number of rotatable bonds is 5. The zero-order chi connectivity index (χ0) is 22.2. The van der Waals surface area contributed by atoms with E-state index >= 15 is 0 Å². The van der Waals surface area contributed by atoms with Gasteiger partial charge in [0.25, 0.3) is 5.56 Å². The van der Waals surface area contributed by atoms with Crippen LogP contribution in [-0.4, -0.2) is 46.7 Å². The molecule has 0 radical (unpaired) electrons. The van der Waals surface area contributed by atoms with Gasteiger partial charge in [-0.15, -0.1) is 11.3 Å². The molecule has 3 aromatic rings. The zero-order valence-corrected chi connectivity index (χ0v) is 18.1. The van der Waals surface area contributed by atoms with Crippen LogP contribution in [0.25, 0.3) is 10.2 Å². The van der Waals surface area contributed by atoms with Crippen molar-refractivity contribution in [3.05, 3.63) is 56.5 Å². The first-order valence-electron chi connectivity index (χ1n) is 10.6. The van der Waals surface area contributed by atoms with Crippen LogP contribution in [0.15, 0.2) is 23.0 Å². The number of morpholine rings is 1. The summed E-state index contributed by atoms with van der Waals surface area (Å²) in [6.45, 7) is 2.76. The number of halogens is 2. The minimum Gasteiger partial charge on any atom is -0.379 e. The maximum atomic E-state index is 13.5. The number of thiophene rings is 1. The van der Waals surface area contributed by atoms with E-state index in [9.17, 15) is 18.4 Å². The van der Waals surface area contributed by atoms with Crippen LogP contribution < -0.4 is 10.9 Å². The Kier molecular flexibility index (Phi) is 5.75. The molecular formula is C22H22F2N4O3S. The summed E-state index contributed by atoms with van der Waals surface area (Å²) in [4.78, 5) is 35.1. The van der Waals surface area contributed by atoms with Crippen molar-refractivity contribution < 1.29 is 18.3 Å². The SMILES string of the molecule is O=C(Cn1c(CN2CCOCC2)nc2sc3c(c2c1=O)CCC3)Nc1cc(F)cc(F)c1. The van der Waals surface area contributed by atoms with Gasteiger partial charge in [-0.1, -0.05) is 0 Å². The number of fused-ring (bicyclic) bond motifs is 3. The van der Waals surface area contributed by atoms with Gasteiger partial charge in [-0.2, -0.15) is 0 Å². The van der Waals surface area contributed by atoms with Crippen molar-refractivity contribution in [1.82, 2.24) is 14.5 Å². The number of nitrogens with one attached hydrogen (secondary N) is 1. The fourth-order valence-electron chi connectivity index (χ4n) is 4.33. The van der Waals surface area contributed by atoms with Gasteiger partial charge in [-0.05, 0) is 37.0 Å². The molecule has 7 nitrogen and oxygen atoms in total. The van der Waals surface area contributed by atoms with Gasteiger partial charge in [0.05, 0.1) is 25.1 Å². The highest BCUT2D eigenvalue weighted by atomic mass is 32.1. The van der Waals surface area contributed by atoms with Gasteiger partial charge in [0.1, 0.15) is 28.8 Å². The lowest BCUT2D eigenvalue weighted by atomic mass is 10.2. The van der Waals surface area contributed by atoms with Crippen molar-refractivity contribution in [2.24, 2.45) is 0 Å². The van der Waals surface area contributed by atoms with E-state index < -0.39 is 17.5 Å². The lowest BCUT2D eigenvalue weighted by Crippen LogP contribution is -2.39. The highest BCUT2D eigenvalue weighted by Gasteiger charge is 2.25. The highest BCUT2D eigenvalue weighted by molar-refractivity contribution is 7.18. The summed E-state index contributed by atoms with van der Waals surface area (Å²) in [6, 6.07) is 2.80. The van der Waals surface area contributed by atoms with Gasteiger partial charge in [-0.3, -0.25) is 19.1 Å². The summed E-state index contributed by atoms with van der Waals surface area (Å²) in [6.07, 6.45) is 2.79. The summed E-state index contributed by atoms with van der Waals surface area (Å²) in [5.74, 6) is -1.62.